The fourth-order valence-electron chi connectivity index (χ4n) is 6.30. The van der Waals surface area contributed by atoms with Crippen LogP contribution in [0, 0.1) is 35.5 Å². The molecule has 0 aliphatic heterocycles. The second-order valence-electron chi connectivity index (χ2n) is 11.0. The first-order valence-electron chi connectivity index (χ1n) is 11.3. The number of hydrogen-bond donors (Lipinski definition) is 0. The molecule has 0 aromatic carbocycles. The Kier molecular flexibility index (Phi) is 5.49. The number of Topliss-reactive ketones (excluding diaryl/α,β-unsaturated/α-hetero) is 3. The molecule has 1 aromatic rings. The van der Waals surface area contributed by atoms with Crippen LogP contribution in [0.5, 0.6) is 0 Å². The topological polar surface area (TPSA) is 51.2 Å². The van der Waals surface area contributed by atoms with Crippen molar-refractivity contribution < 1.29 is 14.4 Å². The molecule has 3 nitrogen and oxygen atoms in total. The van der Waals surface area contributed by atoms with Gasteiger partial charge in [-0.3, -0.25) is 14.4 Å². The number of carbonyl (C=O) groups excluding carboxylic acids is 3. The van der Waals surface area contributed by atoms with Crippen LogP contribution in [0.15, 0.2) is 10.5 Å². The van der Waals surface area contributed by atoms with Gasteiger partial charge in [-0.15, -0.1) is 23.1 Å². The molecule has 31 heavy (non-hydrogen) atoms. The second-order valence-corrected chi connectivity index (χ2v) is 13.5. The van der Waals surface area contributed by atoms with Crippen molar-refractivity contribution in [1.29, 1.82) is 0 Å². The van der Waals surface area contributed by atoms with E-state index in [4.69, 9.17) is 0 Å². The van der Waals surface area contributed by atoms with Gasteiger partial charge in [0.25, 0.3) is 0 Å². The van der Waals surface area contributed by atoms with Crippen LogP contribution in [0.1, 0.15) is 86.5 Å². The van der Waals surface area contributed by atoms with Crippen molar-refractivity contribution in [1.82, 2.24) is 0 Å². The highest BCUT2D eigenvalue weighted by molar-refractivity contribution is 8.03. The van der Waals surface area contributed by atoms with Crippen LogP contribution in [-0.2, 0) is 16.0 Å². The Morgan fingerprint density at radius 3 is 2.13 bits per heavy atom. The lowest BCUT2D eigenvalue weighted by molar-refractivity contribution is -0.116. The molecule has 0 N–H and O–H groups in total. The Labute approximate surface area is 194 Å². The van der Waals surface area contributed by atoms with E-state index in [9.17, 15) is 14.4 Å². The third kappa shape index (κ3) is 3.60. The number of rotatable bonds is 4. The van der Waals surface area contributed by atoms with Crippen molar-refractivity contribution in [2.45, 2.75) is 74.1 Å². The number of aryl methyl sites for hydroxylation is 1. The summed E-state index contributed by atoms with van der Waals surface area (Å²) in [7, 11) is 0. The number of thioether (sulfide) groups is 1. The molecule has 168 valence electrons. The summed E-state index contributed by atoms with van der Waals surface area (Å²) < 4.78 is 0. The average Bonchev–Trinajstić information content (AvgIpc) is 3.14. The molecule has 4 aliphatic carbocycles. The predicted octanol–water partition coefficient (Wildman–Crippen LogP) is 6.38. The molecule has 4 unspecified atom stereocenters. The highest BCUT2D eigenvalue weighted by Crippen LogP contribution is 2.72. The van der Waals surface area contributed by atoms with Gasteiger partial charge in [-0.05, 0) is 84.6 Å². The van der Waals surface area contributed by atoms with E-state index in [1.807, 2.05) is 6.92 Å². The highest BCUT2D eigenvalue weighted by Gasteiger charge is 2.65. The van der Waals surface area contributed by atoms with Crippen LogP contribution in [0.3, 0.4) is 0 Å². The molecular weight excluding hydrogens is 424 g/mol. The maximum atomic E-state index is 11.8. The molecule has 4 atom stereocenters. The summed E-state index contributed by atoms with van der Waals surface area (Å²) in [4.78, 5) is 37.8. The molecule has 3 saturated carbocycles. The number of ketones is 3. The van der Waals surface area contributed by atoms with Gasteiger partial charge in [-0.25, -0.2) is 0 Å². The highest BCUT2D eigenvalue weighted by atomic mass is 32.2. The van der Waals surface area contributed by atoms with E-state index in [1.165, 1.54) is 27.8 Å². The van der Waals surface area contributed by atoms with E-state index in [0.29, 0.717) is 40.6 Å². The summed E-state index contributed by atoms with van der Waals surface area (Å²) in [5, 5.41) is 0. The van der Waals surface area contributed by atoms with Crippen LogP contribution in [0.25, 0.3) is 0 Å². The van der Waals surface area contributed by atoms with Crippen LogP contribution in [-0.4, -0.2) is 23.1 Å². The minimum atomic E-state index is 0.169. The zero-order valence-corrected chi connectivity index (χ0v) is 21.6. The lowest BCUT2D eigenvalue weighted by atomic mass is 9.95. The van der Waals surface area contributed by atoms with E-state index in [2.05, 4.69) is 34.6 Å². The monoisotopic (exact) mass is 458 g/mol. The van der Waals surface area contributed by atoms with Gasteiger partial charge in [-0.2, -0.15) is 0 Å². The molecule has 1 heterocycles. The first-order chi connectivity index (χ1) is 14.3. The molecule has 1 aromatic heterocycles. The maximum Gasteiger partial charge on any atom is 0.170 e. The van der Waals surface area contributed by atoms with Crippen LogP contribution >= 0.6 is 23.1 Å². The van der Waals surface area contributed by atoms with E-state index >= 15 is 0 Å². The third-order valence-corrected chi connectivity index (χ3v) is 10.7. The SMILES string of the molecule is CC(=O)CSC(C)=C1C(=O)CC2C1C2(C)C.CC(=O)c1sc(C)c2c1CC1C2C1(C)C. The third-order valence-electron chi connectivity index (χ3n) is 8.28. The maximum absolute atomic E-state index is 11.8. The van der Waals surface area contributed by atoms with Gasteiger partial charge in [0.05, 0.1) is 10.6 Å². The lowest BCUT2D eigenvalue weighted by Gasteiger charge is -2.12. The van der Waals surface area contributed by atoms with Crippen LogP contribution in [0.4, 0.5) is 0 Å². The minimum Gasteiger partial charge on any atom is -0.299 e. The van der Waals surface area contributed by atoms with Gasteiger partial charge in [0.2, 0.25) is 0 Å². The predicted molar refractivity (Wildman–Crippen MR) is 129 cm³/mol. The summed E-state index contributed by atoms with van der Waals surface area (Å²) in [5.74, 6) is 3.79. The lowest BCUT2D eigenvalue weighted by Crippen LogP contribution is -2.09. The van der Waals surface area contributed by atoms with Crippen molar-refractivity contribution >= 4 is 40.4 Å². The molecule has 5 heteroatoms. The summed E-state index contributed by atoms with van der Waals surface area (Å²) in [6.45, 7) is 16.6. The Morgan fingerprint density at radius 2 is 1.58 bits per heavy atom. The number of thiophene rings is 1. The summed E-state index contributed by atoms with van der Waals surface area (Å²) in [6, 6.07) is 0. The van der Waals surface area contributed by atoms with Gasteiger partial charge in [0.15, 0.2) is 11.6 Å². The van der Waals surface area contributed by atoms with Crippen molar-refractivity contribution in [3.8, 4) is 0 Å². The number of hydrogen-bond acceptors (Lipinski definition) is 5. The molecule has 0 bridgehead atoms. The smallest absolute Gasteiger partial charge is 0.170 e. The fourth-order valence-corrected chi connectivity index (χ4v) is 8.24. The van der Waals surface area contributed by atoms with Crippen molar-refractivity contribution in [2.24, 2.45) is 28.6 Å². The van der Waals surface area contributed by atoms with Crippen molar-refractivity contribution in [3.63, 3.8) is 0 Å². The average molecular weight is 459 g/mol. The Hall–Kier alpha value is -1.20. The fraction of sp³-hybridized carbons (Fsp3) is 0.654. The normalized spacial score (nSPS) is 31.8. The molecule has 0 spiro atoms. The summed E-state index contributed by atoms with van der Waals surface area (Å²) in [5.41, 5.74) is 4.73. The Bertz CT molecular complexity index is 1020. The molecular formula is C26H34O3S2. The number of fused-ring (bicyclic) bond motifs is 4. The molecule has 4 aliphatic rings. The molecule has 5 rings (SSSR count). The number of allylic oxidation sites excluding steroid dienone is 2. The standard InChI is InChI=1S/C13H18O2S.C13H16OS/c1-7(14)6-16-8(2)11-10(15)5-9-12(11)13(9,3)4;1-6(14)12-8-5-9-11(13(9,3)4)10(8)7(2)15-12/h9,12H,5-6H2,1-4H3;9,11H,5H2,1-4H3. The zero-order chi connectivity index (χ0) is 23.0. The molecule has 0 amide bonds. The van der Waals surface area contributed by atoms with E-state index < -0.39 is 0 Å². The first kappa shape index (κ1) is 23.0. The first-order valence-corrected chi connectivity index (χ1v) is 13.1. The van der Waals surface area contributed by atoms with Gasteiger partial charge in [0, 0.05) is 16.9 Å². The molecule has 3 fully saturated rings. The van der Waals surface area contributed by atoms with Crippen molar-refractivity contribution in [2.75, 3.05) is 5.75 Å². The van der Waals surface area contributed by atoms with E-state index in [0.717, 1.165) is 33.6 Å². The second kappa shape index (κ2) is 7.41. The largest absolute Gasteiger partial charge is 0.299 e. The van der Waals surface area contributed by atoms with Crippen LogP contribution < -0.4 is 0 Å². The quantitative estimate of drug-likeness (QED) is 0.388. The zero-order valence-electron chi connectivity index (χ0n) is 20.0. The van der Waals surface area contributed by atoms with Crippen LogP contribution in [0.2, 0.25) is 0 Å². The van der Waals surface area contributed by atoms with Gasteiger partial charge in [-0.1, -0.05) is 27.7 Å². The van der Waals surface area contributed by atoms with E-state index in [-0.39, 0.29) is 11.6 Å². The number of carbonyl (C=O) groups is 3. The summed E-state index contributed by atoms with van der Waals surface area (Å²) in [6.07, 6.45) is 1.86. The Balaban J connectivity index is 0.000000149. The molecule has 0 radical (unpaired) electrons. The summed E-state index contributed by atoms with van der Waals surface area (Å²) >= 11 is 3.23. The van der Waals surface area contributed by atoms with Gasteiger partial charge < -0.3 is 0 Å². The van der Waals surface area contributed by atoms with E-state index in [1.54, 1.807) is 25.2 Å². The van der Waals surface area contributed by atoms with Crippen molar-refractivity contribution in [3.05, 3.63) is 31.4 Å². The van der Waals surface area contributed by atoms with Gasteiger partial charge >= 0.3 is 0 Å². The Morgan fingerprint density at radius 1 is 1.00 bits per heavy atom. The van der Waals surface area contributed by atoms with Gasteiger partial charge in [0.1, 0.15) is 5.78 Å². The molecule has 0 saturated heterocycles. The minimum absolute atomic E-state index is 0.169.